The minimum atomic E-state index is -0.814. The number of rotatable bonds is 2. The van der Waals surface area contributed by atoms with E-state index in [0.29, 0.717) is 6.21 Å². The Morgan fingerprint density at radius 2 is 2.73 bits per heavy atom. The first-order chi connectivity index (χ1) is 5.33. The zero-order chi connectivity index (χ0) is 8.10. The van der Waals surface area contributed by atoms with E-state index >= 15 is 0 Å². The van der Waals surface area contributed by atoms with Crippen molar-refractivity contribution in [2.75, 3.05) is 0 Å². The number of nitrogens with zero attached hydrogens (tertiary/aromatic N) is 3. The lowest BCUT2D eigenvalue weighted by atomic mass is 10.8. The van der Waals surface area contributed by atoms with Crippen molar-refractivity contribution < 1.29 is 14.7 Å². The van der Waals surface area contributed by atoms with E-state index in [9.17, 15) is 4.79 Å². The van der Waals surface area contributed by atoms with Crippen molar-refractivity contribution in [1.29, 1.82) is 0 Å². The standard InChI is InChI=1S/C4H3N3O3S/c8-3(1-6-9)10-4-5-2-11-7-4/h1-2,9H. The fraction of sp³-hybridized carbons (Fsp3) is 0. The van der Waals surface area contributed by atoms with E-state index in [0.717, 1.165) is 11.5 Å². The van der Waals surface area contributed by atoms with Gasteiger partial charge in [0.2, 0.25) is 0 Å². The molecule has 0 saturated carbocycles. The predicted molar refractivity (Wildman–Crippen MR) is 35.8 cm³/mol. The van der Waals surface area contributed by atoms with Gasteiger partial charge in [0.15, 0.2) is 6.21 Å². The molecule has 58 valence electrons. The largest absolute Gasteiger partial charge is 0.411 e. The Labute approximate surface area is 65.3 Å². The first-order valence-corrected chi connectivity index (χ1v) is 3.32. The third kappa shape index (κ3) is 2.30. The van der Waals surface area contributed by atoms with Gasteiger partial charge in [-0.15, -0.1) is 4.37 Å². The third-order valence-electron chi connectivity index (χ3n) is 0.696. The number of esters is 1. The highest BCUT2D eigenvalue weighted by Crippen LogP contribution is 2.01. The van der Waals surface area contributed by atoms with Crippen LogP contribution in [0.5, 0.6) is 6.01 Å². The van der Waals surface area contributed by atoms with Crippen LogP contribution in [0.4, 0.5) is 0 Å². The zero-order valence-corrected chi connectivity index (χ0v) is 5.98. The van der Waals surface area contributed by atoms with Gasteiger partial charge in [-0.05, 0) is 11.5 Å². The van der Waals surface area contributed by atoms with Gasteiger partial charge in [0.25, 0.3) is 0 Å². The van der Waals surface area contributed by atoms with Crippen molar-refractivity contribution in [3.05, 3.63) is 5.51 Å². The molecule has 1 aromatic rings. The van der Waals surface area contributed by atoms with Gasteiger partial charge in [0.1, 0.15) is 5.51 Å². The van der Waals surface area contributed by atoms with E-state index in [4.69, 9.17) is 5.21 Å². The van der Waals surface area contributed by atoms with Gasteiger partial charge in [0.05, 0.1) is 0 Å². The van der Waals surface area contributed by atoms with E-state index in [1.165, 1.54) is 5.51 Å². The molecule has 0 amide bonds. The minimum absolute atomic E-state index is 0.0418. The number of carbonyl (C=O) groups excluding carboxylic acids is 1. The van der Waals surface area contributed by atoms with E-state index in [1.807, 2.05) is 0 Å². The lowest BCUT2D eigenvalue weighted by molar-refractivity contribution is -0.127. The molecule has 1 aromatic heterocycles. The SMILES string of the molecule is O=C(C=NO)Oc1ncsn1. The Morgan fingerprint density at radius 1 is 1.91 bits per heavy atom. The number of oxime groups is 1. The molecule has 0 bridgehead atoms. The summed E-state index contributed by atoms with van der Waals surface area (Å²) in [6, 6.07) is -0.0418. The molecule has 0 aromatic carbocycles. The molecule has 0 radical (unpaired) electrons. The van der Waals surface area contributed by atoms with Crippen molar-refractivity contribution in [3.8, 4) is 6.01 Å². The van der Waals surface area contributed by atoms with Crippen LogP contribution in [0.1, 0.15) is 0 Å². The van der Waals surface area contributed by atoms with Crippen LogP contribution in [0.15, 0.2) is 10.7 Å². The first kappa shape index (κ1) is 7.61. The molecule has 11 heavy (non-hydrogen) atoms. The van der Waals surface area contributed by atoms with Gasteiger partial charge in [0, 0.05) is 0 Å². The summed E-state index contributed by atoms with van der Waals surface area (Å²) in [5, 5.41) is 10.4. The van der Waals surface area contributed by atoms with Crippen LogP contribution in [0.3, 0.4) is 0 Å². The summed E-state index contributed by atoms with van der Waals surface area (Å²) in [5.74, 6) is -0.814. The number of carbonyl (C=O) groups is 1. The topological polar surface area (TPSA) is 84.7 Å². The third-order valence-corrected chi connectivity index (χ3v) is 1.16. The molecule has 1 rings (SSSR count). The van der Waals surface area contributed by atoms with Crippen LogP contribution in [0, 0.1) is 0 Å². The lowest BCUT2D eigenvalue weighted by Crippen LogP contribution is -2.09. The summed E-state index contributed by atoms with van der Waals surface area (Å²) >= 11 is 1.05. The summed E-state index contributed by atoms with van der Waals surface area (Å²) in [4.78, 5) is 14.1. The maximum Gasteiger partial charge on any atom is 0.360 e. The minimum Gasteiger partial charge on any atom is -0.411 e. The van der Waals surface area contributed by atoms with Crippen molar-refractivity contribution in [2.45, 2.75) is 0 Å². The molecule has 0 saturated heterocycles. The zero-order valence-electron chi connectivity index (χ0n) is 5.17. The van der Waals surface area contributed by atoms with Gasteiger partial charge in [-0.25, -0.2) is 4.79 Å². The number of hydrogen-bond acceptors (Lipinski definition) is 7. The molecule has 0 spiro atoms. The summed E-state index contributed by atoms with van der Waals surface area (Å²) in [6.07, 6.45) is 0.612. The van der Waals surface area contributed by atoms with Crippen molar-refractivity contribution in [3.63, 3.8) is 0 Å². The van der Waals surface area contributed by atoms with E-state index in [1.54, 1.807) is 0 Å². The van der Waals surface area contributed by atoms with Crippen LogP contribution in [0.25, 0.3) is 0 Å². The Morgan fingerprint density at radius 3 is 3.27 bits per heavy atom. The second-order valence-electron chi connectivity index (χ2n) is 1.38. The van der Waals surface area contributed by atoms with Crippen molar-refractivity contribution in [1.82, 2.24) is 9.36 Å². The highest BCUT2D eigenvalue weighted by atomic mass is 32.1. The average Bonchev–Trinajstić information content (AvgIpc) is 2.40. The number of ether oxygens (including phenoxy) is 1. The molecule has 0 fully saturated rings. The Balaban J connectivity index is 2.50. The van der Waals surface area contributed by atoms with E-state index < -0.39 is 5.97 Å². The van der Waals surface area contributed by atoms with Crippen molar-refractivity contribution >= 4 is 23.7 Å². The predicted octanol–water partition coefficient (Wildman–Crippen LogP) is -0.0965. The molecule has 7 heteroatoms. The number of aromatic nitrogens is 2. The molecule has 0 atom stereocenters. The van der Waals surface area contributed by atoms with E-state index in [-0.39, 0.29) is 6.01 Å². The van der Waals surface area contributed by atoms with Crippen LogP contribution < -0.4 is 4.74 Å². The molecule has 0 aliphatic rings. The molecule has 0 aliphatic heterocycles. The second kappa shape index (κ2) is 3.62. The van der Waals surface area contributed by atoms with Crippen LogP contribution in [-0.4, -0.2) is 26.7 Å². The maximum atomic E-state index is 10.5. The van der Waals surface area contributed by atoms with Gasteiger partial charge >= 0.3 is 12.0 Å². The maximum absolute atomic E-state index is 10.5. The molecular formula is C4H3N3O3S. The Hall–Kier alpha value is -1.50. The van der Waals surface area contributed by atoms with E-state index in [2.05, 4.69) is 19.3 Å². The average molecular weight is 173 g/mol. The fourth-order valence-electron chi connectivity index (χ4n) is 0.369. The van der Waals surface area contributed by atoms with Gasteiger partial charge in [-0.1, -0.05) is 5.16 Å². The lowest BCUT2D eigenvalue weighted by Gasteiger charge is -1.89. The highest BCUT2D eigenvalue weighted by Gasteiger charge is 2.03. The van der Waals surface area contributed by atoms with Crippen LogP contribution >= 0.6 is 11.5 Å². The van der Waals surface area contributed by atoms with Gasteiger partial charge in [-0.2, -0.15) is 4.98 Å². The molecule has 1 N–H and O–H groups in total. The second-order valence-corrected chi connectivity index (χ2v) is 1.98. The smallest absolute Gasteiger partial charge is 0.360 e. The normalized spacial score (nSPS) is 10.2. The van der Waals surface area contributed by atoms with Crippen molar-refractivity contribution in [2.24, 2.45) is 5.16 Å². The summed E-state index contributed by atoms with van der Waals surface area (Å²) < 4.78 is 8.02. The molecule has 1 heterocycles. The summed E-state index contributed by atoms with van der Waals surface area (Å²) in [7, 11) is 0. The summed E-state index contributed by atoms with van der Waals surface area (Å²) in [5.41, 5.74) is 1.42. The van der Waals surface area contributed by atoms with Crippen LogP contribution in [0.2, 0.25) is 0 Å². The number of hydrogen-bond donors (Lipinski definition) is 1. The van der Waals surface area contributed by atoms with Crippen LogP contribution in [-0.2, 0) is 4.79 Å². The van der Waals surface area contributed by atoms with Gasteiger partial charge in [-0.3, -0.25) is 0 Å². The fourth-order valence-corrected chi connectivity index (χ4v) is 0.728. The summed E-state index contributed by atoms with van der Waals surface area (Å²) in [6.45, 7) is 0. The molecule has 0 unspecified atom stereocenters. The monoisotopic (exact) mass is 173 g/mol. The Kier molecular flexibility index (Phi) is 2.50. The first-order valence-electron chi connectivity index (χ1n) is 2.48. The molecule has 0 aliphatic carbocycles. The Bertz CT molecular complexity index is 258. The molecular weight excluding hydrogens is 170 g/mol. The highest BCUT2D eigenvalue weighted by molar-refractivity contribution is 7.03. The van der Waals surface area contributed by atoms with Gasteiger partial charge < -0.3 is 9.94 Å². The molecule has 6 nitrogen and oxygen atoms in total. The quantitative estimate of drug-likeness (QED) is 0.292.